The maximum absolute atomic E-state index is 4.31. The summed E-state index contributed by atoms with van der Waals surface area (Å²) >= 11 is 0. The lowest BCUT2D eigenvalue weighted by molar-refractivity contribution is 0.958. The monoisotopic (exact) mass is 226 g/mol. The summed E-state index contributed by atoms with van der Waals surface area (Å²) < 4.78 is 0. The Morgan fingerprint density at radius 2 is 1.76 bits per heavy atom. The number of para-hydroxylation sites is 1. The molecule has 2 aromatic rings. The van der Waals surface area contributed by atoms with Gasteiger partial charge in [-0.05, 0) is 37.1 Å². The van der Waals surface area contributed by atoms with Crippen molar-refractivity contribution >= 4 is 5.69 Å². The van der Waals surface area contributed by atoms with Crippen molar-refractivity contribution in [2.45, 2.75) is 20.3 Å². The fourth-order valence-electron chi connectivity index (χ4n) is 1.95. The lowest BCUT2D eigenvalue weighted by atomic mass is 10.1. The summed E-state index contributed by atoms with van der Waals surface area (Å²) in [7, 11) is 0. The number of aryl methyl sites for hydroxylation is 2. The molecule has 1 aromatic carbocycles. The van der Waals surface area contributed by atoms with Crippen LogP contribution in [-0.2, 0) is 6.42 Å². The number of rotatable bonds is 4. The zero-order chi connectivity index (χ0) is 12.1. The molecule has 0 saturated carbocycles. The second-order valence-corrected chi connectivity index (χ2v) is 4.26. The fraction of sp³-hybridized carbons (Fsp3) is 0.267. The molecule has 0 atom stereocenters. The summed E-state index contributed by atoms with van der Waals surface area (Å²) in [5, 5.41) is 3.49. The summed E-state index contributed by atoms with van der Waals surface area (Å²) in [4.78, 5) is 4.31. The summed E-state index contributed by atoms with van der Waals surface area (Å²) in [6, 6.07) is 12.4. The first-order valence-electron chi connectivity index (χ1n) is 5.97. The van der Waals surface area contributed by atoms with Crippen molar-refractivity contribution in [3.05, 3.63) is 59.4 Å². The molecule has 1 N–H and O–H groups in total. The summed E-state index contributed by atoms with van der Waals surface area (Å²) in [6.07, 6.45) is 2.79. The van der Waals surface area contributed by atoms with Crippen molar-refractivity contribution in [2.24, 2.45) is 0 Å². The minimum atomic E-state index is 0.919. The molecule has 0 amide bonds. The second-order valence-electron chi connectivity index (χ2n) is 4.26. The van der Waals surface area contributed by atoms with Gasteiger partial charge in [-0.25, -0.2) is 0 Å². The number of nitrogens with one attached hydrogen (secondary N) is 1. The van der Waals surface area contributed by atoms with Crippen LogP contribution in [-0.4, -0.2) is 11.5 Å². The Hall–Kier alpha value is -1.83. The smallest absolute Gasteiger partial charge is 0.0421 e. The van der Waals surface area contributed by atoms with Crippen molar-refractivity contribution in [3.63, 3.8) is 0 Å². The fourth-order valence-corrected chi connectivity index (χ4v) is 1.95. The molecule has 0 bridgehead atoms. The van der Waals surface area contributed by atoms with Crippen LogP contribution in [0.25, 0.3) is 0 Å². The van der Waals surface area contributed by atoms with Gasteiger partial charge in [0.1, 0.15) is 0 Å². The van der Waals surface area contributed by atoms with Gasteiger partial charge >= 0.3 is 0 Å². The third kappa shape index (κ3) is 3.06. The third-order valence-electron chi connectivity index (χ3n) is 2.89. The Balaban J connectivity index is 1.95. The van der Waals surface area contributed by atoms with Crippen LogP contribution < -0.4 is 5.32 Å². The zero-order valence-corrected chi connectivity index (χ0v) is 10.4. The van der Waals surface area contributed by atoms with E-state index in [4.69, 9.17) is 0 Å². The van der Waals surface area contributed by atoms with E-state index in [-0.39, 0.29) is 0 Å². The Morgan fingerprint density at radius 3 is 2.41 bits per heavy atom. The standard InChI is InChI=1S/C15H18N2/c1-12-6-5-7-13(2)15(12)17-11-9-14-8-3-4-10-16-14/h3-8,10,17H,9,11H2,1-2H3. The Kier molecular flexibility index (Phi) is 3.76. The molecule has 0 saturated heterocycles. The lowest BCUT2D eigenvalue weighted by Gasteiger charge is -2.12. The molecular weight excluding hydrogens is 208 g/mol. The highest BCUT2D eigenvalue weighted by atomic mass is 14.9. The largest absolute Gasteiger partial charge is 0.384 e. The van der Waals surface area contributed by atoms with Crippen molar-refractivity contribution in [1.29, 1.82) is 0 Å². The Labute approximate surface area is 103 Å². The summed E-state index contributed by atoms with van der Waals surface area (Å²) in [5.74, 6) is 0. The molecule has 0 spiro atoms. The van der Waals surface area contributed by atoms with Crippen molar-refractivity contribution in [3.8, 4) is 0 Å². The SMILES string of the molecule is Cc1cccc(C)c1NCCc1ccccn1. The van der Waals surface area contributed by atoms with E-state index < -0.39 is 0 Å². The molecule has 2 heteroatoms. The first kappa shape index (κ1) is 11.6. The van der Waals surface area contributed by atoms with Crippen LogP contribution >= 0.6 is 0 Å². The van der Waals surface area contributed by atoms with Gasteiger partial charge in [-0.1, -0.05) is 24.3 Å². The van der Waals surface area contributed by atoms with Gasteiger partial charge in [0.2, 0.25) is 0 Å². The van der Waals surface area contributed by atoms with E-state index in [0.717, 1.165) is 18.7 Å². The van der Waals surface area contributed by atoms with E-state index in [1.54, 1.807) is 0 Å². The van der Waals surface area contributed by atoms with E-state index in [1.165, 1.54) is 16.8 Å². The van der Waals surface area contributed by atoms with Crippen LogP contribution in [0.4, 0.5) is 5.69 Å². The van der Waals surface area contributed by atoms with Gasteiger partial charge in [0.15, 0.2) is 0 Å². The summed E-state index contributed by atoms with van der Waals surface area (Å²) in [6.45, 7) is 5.19. The molecule has 17 heavy (non-hydrogen) atoms. The minimum absolute atomic E-state index is 0.919. The lowest BCUT2D eigenvalue weighted by Crippen LogP contribution is -2.08. The number of aromatic nitrogens is 1. The molecule has 88 valence electrons. The van der Waals surface area contributed by atoms with E-state index in [0.29, 0.717) is 0 Å². The molecule has 1 aromatic heterocycles. The van der Waals surface area contributed by atoms with Crippen molar-refractivity contribution in [2.75, 3.05) is 11.9 Å². The maximum atomic E-state index is 4.31. The molecule has 0 unspecified atom stereocenters. The van der Waals surface area contributed by atoms with E-state index in [2.05, 4.69) is 48.4 Å². The molecule has 0 aliphatic heterocycles. The zero-order valence-electron chi connectivity index (χ0n) is 10.4. The predicted molar refractivity (Wildman–Crippen MR) is 72.3 cm³/mol. The van der Waals surface area contributed by atoms with Crippen LogP contribution in [0, 0.1) is 13.8 Å². The second kappa shape index (κ2) is 5.48. The predicted octanol–water partition coefficient (Wildman–Crippen LogP) is 3.35. The van der Waals surface area contributed by atoms with Crippen LogP contribution in [0.2, 0.25) is 0 Å². The number of nitrogens with zero attached hydrogens (tertiary/aromatic N) is 1. The Bertz CT molecular complexity index is 457. The van der Waals surface area contributed by atoms with Crippen molar-refractivity contribution in [1.82, 2.24) is 4.98 Å². The highest BCUT2D eigenvalue weighted by Gasteiger charge is 2.00. The third-order valence-corrected chi connectivity index (χ3v) is 2.89. The number of hydrogen-bond donors (Lipinski definition) is 1. The molecule has 0 fully saturated rings. The molecule has 1 heterocycles. The topological polar surface area (TPSA) is 24.9 Å². The number of benzene rings is 1. The van der Waals surface area contributed by atoms with Crippen LogP contribution in [0.1, 0.15) is 16.8 Å². The number of pyridine rings is 1. The van der Waals surface area contributed by atoms with Crippen LogP contribution in [0.15, 0.2) is 42.6 Å². The van der Waals surface area contributed by atoms with Gasteiger partial charge in [-0.15, -0.1) is 0 Å². The Morgan fingerprint density at radius 1 is 1.00 bits per heavy atom. The van der Waals surface area contributed by atoms with E-state index in [9.17, 15) is 0 Å². The van der Waals surface area contributed by atoms with Gasteiger partial charge in [-0.2, -0.15) is 0 Å². The first-order valence-corrected chi connectivity index (χ1v) is 5.97. The molecule has 2 nitrogen and oxygen atoms in total. The number of anilines is 1. The minimum Gasteiger partial charge on any atom is -0.384 e. The van der Waals surface area contributed by atoms with Crippen LogP contribution in [0.5, 0.6) is 0 Å². The quantitative estimate of drug-likeness (QED) is 0.864. The van der Waals surface area contributed by atoms with Gasteiger partial charge < -0.3 is 5.32 Å². The van der Waals surface area contributed by atoms with Gasteiger partial charge in [-0.3, -0.25) is 4.98 Å². The molecular formula is C15H18N2. The average molecular weight is 226 g/mol. The highest BCUT2D eigenvalue weighted by Crippen LogP contribution is 2.19. The van der Waals surface area contributed by atoms with Gasteiger partial charge in [0, 0.05) is 30.5 Å². The van der Waals surface area contributed by atoms with Crippen LogP contribution in [0.3, 0.4) is 0 Å². The molecule has 0 aliphatic carbocycles. The maximum Gasteiger partial charge on any atom is 0.0421 e. The van der Waals surface area contributed by atoms with E-state index >= 15 is 0 Å². The normalized spacial score (nSPS) is 10.2. The molecule has 2 rings (SSSR count). The average Bonchev–Trinajstić information content (AvgIpc) is 2.34. The molecule has 0 aliphatic rings. The van der Waals surface area contributed by atoms with Crippen molar-refractivity contribution < 1.29 is 0 Å². The van der Waals surface area contributed by atoms with Gasteiger partial charge in [0.05, 0.1) is 0 Å². The first-order chi connectivity index (χ1) is 8.27. The number of hydrogen-bond acceptors (Lipinski definition) is 2. The summed E-state index contributed by atoms with van der Waals surface area (Å²) in [5.41, 5.74) is 4.98. The van der Waals surface area contributed by atoms with E-state index in [1.807, 2.05) is 18.3 Å². The molecule has 0 radical (unpaired) electrons. The van der Waals surface area contributed by atoms with Gasteiger partial charge in [0.25, 0.3) is 0 Å². The highest BCUT2D eigenvalue weighted by molar-refractivity contribution is 5.56.